The van der Waals surface area contributed by atoms with Gasteiger partial charge in [-0.1, -0.05) is 144 Å². The molecule has 0 saturated heterocycles. The first kappa shape index (κ1) is 35.8. The zero-order valence-corrected chi connectivity index (χ0v) is 24.1. The Morgan fingerprint density at radius 3 is 1.53 bits per heavy atom. The first-order chi connectivity index (χ1) is 18.6. The molecule has 0 aromatic carbocycles. The van der Waals surface area contributed by atoms with E-state index in [9.17, 15) is 15.0 Å². The van der Waals surface area contributed by atoms with E-state index in [0.717, 1.165) is 32.1 Å². The van der Waals surface area contributed by atoms with E-state index in [4.69, 9.17) is 5.11 Å². The van der Waals surface area contributed by atoms with E-state index in [-0.39, 0.29) is 0 Å². The molecule has 0 rings (SSSR count). The van der Waals surface area contributed by atoms with E-state index >= 15 is 0 Å². The van der Waals surface area contributed by atoms with Gasteiger partial charge in [-0.15, -0.1) is 0 Å². The molecule has 0 spiro atoms. The molecule has 0 aliphatic rings. The van der Waals surface area contributed by atoms with E-state index in [1.807, 2.05) is 36.5 Å². The van der Waals surface area contributed by atoms with E-state index in [1.54, 1.807) is 12.2 Å². The van der Waals surface area contributed by atoms with Gasteiger partial charge in [-0.2, -0.15) is 0 Å². The monoisotopic (exact) mass is 528 g/mol. The van der Waals surface area contributed by atoms with Gasteiger partial charge in [0.2, 0.25) is 0 Å². The Labute approximate surface area is 233 Å². The Kier molecular flexibility index (Phi) is 27.7. The van der Waals surface area contributed by atoms with E-state index < -0.39 is 18.2 Å². The van der Waals surface area contributed by atoms with Crippen LogP contribution in [0.4, 0.5) is 0 Å². The minimum absolute atomic E-state index is 0.319. The van der Waals surface area contributed by atoms with Crippen molar-refractivity contribution in [3.63, 3.8) is 0 Å². The van der Waals surface area contributed by atoms with E-state index in [1.165, 1.54) is 64.2 Å². The van der Waals surface area contributed by atoms with Crippen LogP contribution in [0.15, 0.2) is 72.9 Å². The summed E-state index contributed by atoms with van der Waals surface area (Å²) >= 11 is 0. The fraction of sp³-hybridized carbons (Fsp3) is 0.618. The Balaban J connectivity index is 3.53. The summed E-state index contributed by atoms with van der Waals surface area (Å²) in [6.07, 6.45) is 42.1. The molecule has 0 saturated carbocycles. The SMILES string of the molecule is CCC=CCC(O)C=CC=CC=CC(O)CC=CC/C=C\CCCCCCCCCCCCCCC(=O)O. The summed E-state index contributed by atoms with van der Waals surface area (Å²) in [5.41, 5.74) is 0. The van der Waals surface area contributed by atoms with Gasteiger partial charge in [-0.25, -0.2) is 0 Å². The van der Waals surface area contributed by atoms with Crippen molar-refractivity contribution in [2.75, 3.05) is 0 Å². The number of aliphatic hydroxyl groups is 2. The molecule has 0 bridgehead atoms. The fourth-order valence-corrected chi connectivity index (χ4v) is 4.00. The predicted molar refractivity (Wildman–Crippen MR) is 163 cm³/mol. The Hall–Kier alpha value is -2.17. The van der Waals surface area contributed by atoms with Crippen LogP contribution in [0.25, 0.3) is 0 Å². The predicted octanol–water partition coefficient (Wildman–Crippen LogP) is 9.17. The molecule has 0 fully saturated rings. The summed E-state index contributed by atoms with van der Waals surface area (Å²) in [5, 5.41) is 28.4. The van der Waals surface area contributed by atoms with Crippen molar-refractivity contribution in [3.8, 4) is 0 Å². The summed E-state index contributed by atoms with van der Waals surface area (Å²) in [5.74, 6) is -0.672. The number of aliphatic hydroxyl groups excluding tert-OH is 2. The Bertz CT molecular complexity index is 699. The van der Waals surface area contributed by atoms with Gasteiger partial charge in [0.1, 0.15) is 0 Å². The molecule has 2 atom stereocenters. The maximum absolute atomic E-state index is 10.5. The summed E-state index contributed by atoms with van der Waals surface area (Å²) in [6.45, 7) is 2.07. The minimum Gasteiger partial charge on any atom is -0.481 e. The molecule has 0 aromatic heterocycles. The molecular formula is C34H56O4. The van der Waals surface area contributed by atoms with Gasteiger partial charge in [0.15, 0.2) is 0 Å². The van der Waals surface area contributed by atoms with Crippen molar-refractivity contribution < 1.29 is 20.1 Å². The highest BCUT2D eigenvalue weighted by Crippen LogP contribution is 2.13. The second kappa shape index (κ2) is 29.4. The summed E-state index contributed by atoms with van der Waals surface area (Å²) in [7, 11) is 0. The number of aliphatic carboxylic acids is 1. The van der Waals surface area contributed by atoms with Gasteiger partial charge in [0.05, 0.1) is 12.2 Å². The van der Waals surface area contributed by atoms with Gasteiger partial charge in [-0.3, -0.25) is 4.79 Å². The van der Waals surface area contributed by atoms with Crippen molar-refractivity contribution in [2.45, 2.75) is 135 Å². The van der Waals surface area contributed by atoms with Gasteiger partial charge in [-0.05, 0) is 44.9 Å². The van der Waals surface area contributed by atoms with Crippen LogP contribution in [0.2, 0.25) is 0 Å². The molecule has 216 valence electrons. The van der Waals surface area contributed by atoms with Crippen LogP contribution in [0.5, 0.6) is 0 Å². The third kappa shape index (κ3) is 30.1. The van der Waals surface area contributed by atoms with Crippen LogP contribution in [0.3, 0.4) is 0 Å². The lowest BCUT2D eigenvalue weighted by Crippen LogP contribution is -1.98. The van der Waals surface area contributed by atoms with Crippen LogP contribution < -0.4 is 0 Å². The zero-order valence-electron chi connectivity index (χ0n) is 24.1. The van der Waals surface area contributed by atoms with Crippen molar-refractivity contribution >= 4 is 5.97 Å². The van der Waals surface area contributed by atoms with Crippen molar-refractivity contribution in [1.82, 2.24) is 0 Å². The second-order valence-electron chi connectivity index (χ2n) is 9.99. The third-order valence-electron chi connectivity index (χ3n) is 6.27. The molecule has 0 aliphatic carbocycles. The number of hydrogen-bond acceptors (Lipinski definition) is 3. The number of carboxylic acid groups (broad SMARTS) is 1. The van der Waals surface area contributed by atoms with Crippen LogP contribution in [0.1, 0.15) is 122 Å². The summed E-state index contributed by atoms with van der Waals surface area (Å²) in [6, 6.07) is 0. The first-order valence-electron chi connectivity index (χ1n) is 15.1. The minimum atomic E-state index is -0.672. The molecule has 0 amide bonds. The molecule has 38 heavy (non-hydrogen) atoms. The van der Waals surface area contributed by atoms with Gasteiger partial charge in [0, 0.05) is 6.42 Å². The third-order valence-corrected chi connectivity index (χ3v) is 6.27. The Morgan fingerprint density at radius 1 is 0.579 bits per heavy atom. The molecule has 4 heteroatoms. The quantitative estimate of drug-likeness (QED) is 0.0594. The molecule has 0 heterocycles. The lowest BCUT2D eigenvalue weighted by molar-refractivity contribution is -0.137. The fourth-order valence-electron chi connectivity index (χ4n) is 4.00. The maximum Gasteiger partial charge on any atom is 0.303 e. The van der Waals surface area contributed by atoms with E-state index in [2.05, 4.69) is 31.2 Å². The summed E-state index contributed by atoms with van der Waals surface area (Å²) < 4.78 is 0. The largest absolute Gasteiger partial charge is 0.481 e. The number of hydrogen-bond donors (Lipinski definition) is 3. The highest BCUT2D eigenvalue weighted by molar-refractivity contribution is 5.66. The number of unbranched alkanes of at least 4 members (excludes halogenated alkanes) is 12. The average molecular weight is 529 g/mol. The van der Waals surface area contributed by atoms with Crippen LogP contribution in [-0.2, 0) is 4.79 Å². The highest BCUT2D eigenvalue weighted by atomic mass is 16.4. The van der Waals surface area contributed by atoms with Crippen molar-refractivity contribution in [3.05, 3.63) is 72.9 Å². The smallest absolute Gasteiger partial charge is 0.303 e. The first-order valence-corrected chi connectivity index (χ1v) is 15.1. The molecule has 0 aliphatic heterocycles. The number of rotatable bonds is 26. The lowest BCUT2D eigenvalue weighted by Gasteiger charge is -2.02. The average Bonchev–Trinajstić information content (AvgIpc) is 2.89. The standard InChI is InChI=1S/C34H56O4/c1-2-3-22-27-32(35)29-24-20-21-25-30-33(36)28-23-18-16-14-12-10-8-6-4-5-7-9-11-13-15-17-19-26-31-34(37)38/h3,12,14,18,20-25,29-30,32-33,35-36H,2,4-11,13,15-17,19,26-28,31H2,1H3,(H,37,38)/b14-12-,21-20?,22-3?,23-18?,29-24?,30-25?. The van der Waals surface area contributed by atoms with Crippen molar-refractivity contribution in [2.24, 2.45) is 0 Å². The molecule has 2 unspecified atom stereocenters. The molecule has 0 radical (unpaired) electrons. The zero-order chi connectivity index (χ0) is 27.9. The molecule has 3 N–H and O–H groups in total. The van der Waals surface area contributed by atoms with Crippen LogP contribution >= 0.6 is 0 Å². The molecule has 0 aromatic rings. The van der Waals surface area contributed by atoms with E-state index in [0.29, 0.717) is 19.3 Å². The van der Waals surface area contributed by atoms with Gasteiger partial charge in [0.25, 0.3) is 0 Å². The Morgan fingerprint density at radius 2 is 1.03 bits per heavy atom. The topological polar surface area (TPSA) is 77.8 Å². The van der Waals surface area contributed by atoms with Gasteiger partial charge < -0.3 is 15.3 Å². The van der Waals surface area contributed by atoms with Crippen LogP contribution in [-0.4, -0.2) is 33.5 Å². The molecular weight excluding hydrogens is 472 g/mol. The number of carboxylic acids is 1. The lowest BCUT2D eigenvalue weighted by atomic mass is 10.0. The van der Waals surface area contributed by atoms with Crippen LogP contribution in [0, 0.1) is 0 Å². The highest BCUT2D eigenvalue weighted by Gasteiger charge is 1.97. The maximum atomic E-state index is 10.5. The molecule has 4 nitrogen and oxygen atoms in total. The number of carbonyl (C=O) groups is 1. The summed E-state index contributed by atoms with van der Waals surface area (Å²) in [4.78, 5) is 10.5. The number of allylic oxidation sites excluding steroid dienone is 8. The second-order valence-corrected chi connectivity index (χ2v) is 9.99. The van der Waals surface area contributed by atoms with Gasteiger partial charge >= 0.3 is 5.97 Å². The normalized spacial score (nSPS) is 14.4. The van der Waals surface area contributed by atoms with Crippen molar-refractivity contribution in [1.29, 1.82) is 0 Å².